The lowest BCUT2D eigenvalue weighted by Gasteiger charge is -2.18. The standard InChI is InChI=1S/C66H106O6/c1-4-7-10-13-16-19-22-24-26-28-30-32-33-35-36-38-40-42-44-47-50-53-56-59-65(68)71-62-63(61-70-64(67)58-55-52-49-46-21-18-15-12-9-6-3)72-66(69)60-57-54-51-48-45-43-41-39-37-34-31-29-27-25-23-20-17-14-11-8-5-2/h7-8,10-12,15-17,19-20,24-27,30-32,34-36,40,42,63H,4-6,9,13-14,18,21-23,28-29,33,37-39,41,43-62H2,1-3H3/b10-7-,11-8-,15-12-,19-16-,20-17-,26-24-,27-25-,32-30-,34-31-,36-35-,42-40-. The van der Waals surface area contributed by atoms with Crippen LogP contribution in [0.25, 0.3) is 0 Å². The van der Waals surface area contributed by atoms with E-state index in [1.807, 2.05) is 0 Å². The maximum atomic E-state index is 12.9. The van der Waals surface area contributed by atoms with Crippen LogP contribution in [0.5, 0.6) is 0 Å². The molecule has 1 unspecified atom stereocenters. The monoisotopic (exact) mass is 995 g/mol. The number of esters is 3. The quantitative estimate of drug-likeness (QED) is 0.0261. The lowest BCUT2D eigenvalue weighted by atomic mass is 10.1. The van der Waals surface area contributed by atoms with E-state index in [0.29, 0.717) is 19.3 Å². The summed E-state index contributed by atoms with van der Waals surface area (Å²) < 4.78 is 16.8. The molecule has 0 aromatic rings. The highest BCUT2D eigenvalue weighted by atomic mass is 16.6. The summed E-state index contributed by atoms with van der Waals surface area (Å²) in [6.07, 6.45) is 83.0. The Morgan fingerprint density at radius 3 is 0.861 bits per heavy atom. The fourth-order valence-electron chi connectivity index (χ4n) is 7.56. The maximum absolute atomic E-state index is 12.9. The minimum absolute atomic E-state index is 0.0984. The molecule has 0 saturated heterocycles. The molecule has 0 amide bonds. The first-order valence-corrected chi connectivity index (χ1v) is 29.2. The first-order valence-electron chi connectivity index (χ1n) is 29.2. The maximum Gasteiger partial charge on any atom is 0.306 e. The number of unbranched alkanes of at least 4 members (excludes halogenated alkanes) is 18. The molecule has 0 heterocycles. The van der Waals surface area contributed by atoms with Crippen LogP contribution < -0.4 is 0 Å². The molecule has 0 aromatic carbocycles. The Hall–Kier alpha value is -4.45. The van der Waals surface area contributed by atoms with Crippen LogP contribution in [-0.2, 0) is 28.6 Å². The van der Waals surface area contributed by atoms with Crippen molar-refractivity contribution < 1.29 is 28.6 Å². The van der Waals surface area contributed by atoms with Crippen molar-refractivity contribution in [1.82, 2.24) is 0 Å². The van der Waals surface area contributed by atoms with Crippen LogP contribution in [0, 0.1) is 0 Å². The molecule has 0 radical (unpaired) electrons. The largest absolute Gasteiger partial charge is 0.462 e. The molecule has 0 N–H and O–H groups in total. The molecule has 0 aliphatic heterocycles. The zero-order valence-electron chi connectivity index (χ0n) is 46.4. The van der Waals surface area contributed by atoms with Gasteiger partial charge in [0.1, 0.15) is 13.2 Å². The molecule has 0 spiro atoms. The second-order valence-corrected chi connectivity index (χ2v) is 18.8. The van der Waals surface area contributed by atoms with E-state index in [9.17, 15) is 14.4 Å². The van der Waals surface area contributed by atoms with Gasteiger partial charge in [-0.1, -0.05) is 231 Å². The SMILES string of the molecule is CC/C=C\C/C=C\C/C=C\C/C=C\C/C=C\C/C=C\CCCCCCC(=O)OCC(COC(=O)CCCCCCC/C=C\CCC)OC(=O)CCCCCCCCCC/C=C\C/C=C\C/C=C\C/C=C\CC. The Bertz CT molecular complexity index is 1560. The first kappa shape index (κ1) is 67.5. The van der Waals surface area contributed by atoms with Gasteiger partial charge in [0.2, 0.25) is 0 Å². The third kappa shape index (κ3) is 56.5. The van der Waals surface area contributed by atoms with Gasteiger partial charge >= 0.3 is 17.9 Å². The number of hydrogen-bond donors (Lipinski definition) is 0. The summed E-state index contributed by atoms with van der Waals surface area (Å²) in [4.78, 5) is 38.1. The van der Waals surface area contributed by atoms with E-state index in [1.165, 1.54) is 44.9 Å². The summed E-state index contributed by atoms with van der Waals surface area (Å²) in [6.45, 7) is 6.31. The van der Waals surface area contributed by atoms with Gasteiger partial charge in [-0.2, -0.15) is 0 Å². The molecule has 0 aromatic heterocycles. The van der Waals surface area contributed by atoms with Crippen LogP contribution in [-0.4, -0.2) is 37.2 Å². The summed E-state index contributed by atoms with van der Waals surface area (Å²) in [7, 11) is 0. The van der Waals surface area contributed by atoms with Gasteiger partial charge < -0.3 is 14.2 Å². The third-order valence-electron chi connectivity index (χ3n) is 11.9. The van der Waals surface area contributed by atoms with Crippen LogP contribution in [0.2, 0.25) is 0 Å². The predicted molar refractivity (Wildman–Crippen MR) is 311 cm³/mol. The van der Waals surface area contributed by atoms with Crippen LogP contribution in [0.3, 0.4) is 0 Å². The van der Waals surface area contributed by atoms with Gasteiger partial charge in [-0.15, -0.1) is 0 Å². The average Bonchev–Trinajstić information content (AvgIpc) is 3.38. The van der Waals surface area contributed by atoms with E-state index in [2.05, 4.69) is 154 Å². The molecule has 0 aliphatic carbocycles. The van der Waals surface area contributed by atoms with Crippen molar-refractivity contribution in [2.45, 2.75) is 252 Å². The summed E-state index contributed by atoms with van der Waals surface area (Å²) in [5.74, 6) is -0.946. The Labute approximate surface area is 443 Å². The van der Waals surface area contributed by atoms with Gasteiger partial charge in [0.25, 0.3) is 0 Å². The predicted octanol–water partition coefficient (Wildman–Crippen LogP) is 19.8. The fraction of sp³-hybridized carbons (Fsp3) is 0.621. The highest BCUT2D eigenvalue weighted by molar-refractivity contribution is 5.71. The van der Waals surface area contributed by atoms with Gasteiger partial charge in [-0.25, -0.2) is 0 Å². The Morgan fingerprint density at radius 1 is 0.292 bits per heavy atom. The Kier molecular flexibility index (Phi) is 55.5. The van der Waals surface area contributed by atoms with Crippen molar-refractivity contribution in [2.75, 3.05) is 13.2 Å². The summed E-state index contributed by atoms with van der Waals surface area (Å²) in [5.41, 5.74) is 0. The summed E-state index contributed by atoms with van der Waals surface area (Å²) in [5, 5.41) is 0. The minimum Gasteiger partial charge on any atom is -0.462 e. The molecular weight excluding hydrogens is 889 g/mol. The molecule has 72 heavy (non-hydrogen) atoms. The molecular formula is C66H106O6. The first-order chi connectivity index (χ1) is 35.5. The third-order valence-corrected chi connectivity index (χ3v) is 11.9. The van der Waals surface area contributed by atoms with Crippen molar-refractivity contribution >= 4 is 17.9 Å². The summed E-state index contributed by atoms with van der Waals surface area (Å²) in [6, 6.07) is 0. The second kappa shape index (κ2) is 59.1. The normalized spacial score (nSPS) is 13.1. The van der Waals surface area contributed by atoms with Crippen molar-refractivity contribution in [1.29, 1.82) is 0 Å². The molecule has 0 bridgehead atoms. The Balaban J connectivity index is 4.40. The van der Waals surface area contributed by atoms with Gasteiger partial charge in [0.15, 0.2) is 6.10 Å². The molecule has 6 nitrogen and oxygen atoms in total. The van der Waals surface area contributed by atoms with E-state index in [-0.39, 0.29) is 31.1 Å². The van der Waals surface area contributed by atoms with Crippen LogP contribution >= 0.6 is 0 Å². The minimum atomic E-state index is -0.802. The summed E-state index contributed by atoms with van der Waals surface area (Å²) >= 11 is 0. The molecule has 6 heteroatoms. The zero-order valence-corrected chi connectivity index (χ0v) is 46.4. The van der Waals surface area contributed by atoms with Crippen LogP contribution in [0.15, 0.2) is 134 Å². The number of carbonyl (C=O) groups is 3. The van der Waals surface area contributed by atoms with Crippen molar-refractivity contribution in [3.05, 3.63) is 134 Å². The van der Waals surface area contributed by atoms with E-state index in [0.717, 1.165) is 161 Å². The number of allylic oxidation sites excluding steroid dienone is 22. The topological polar surface area (TPSA) is 78.9 Å². The van der Waals surface area contributed by atoms with E-state index in [1.54, 1.807) is 0 Å². The van der Waals surface area contributed by atoms with Crippen molar-refractivity contribution in [3.63, 3.8) is 0 Å². The van der Waals surface area contributed by atoms with E-state index < -0.39 is 6.10 Å². The molecule has 0 aliphatic rings. The van der Waals surface area contributed by atoms with Gasteiger partial charge in [-0.3, -0.25) is 14.4 Å². The molecule has 0 fully saturated rings. The van der Waals surface area contributed by atoms with Gasteiger partial charge in [0.05, 0.1) is 0 Å². The number of carbonyl (C=O) groups excluding carboxylic acids is 3. The number of hydrogen-bond acceptors (Lipinski definition) is 6. The smallest absolute Gasteiger partial charge is 0.306 e. The number of ether oxygens (including phenoxy) is 3. The Morgan fingerprint density at radius 2 is 0.542 bits per heavy atom. The molecule has 0 rings (SSSR count). The average molecular weight is 996 g/mol. The van der Waals surface area contributed by atoms with Crippen LogP contribution in [0.4, 0.5) is 0 Å². The molecule has 0 saturated carbocycles. The highest BCUT2D eigenvalue weighted by Crippen LogP contribution is 2.14. The second-order valence-electron chi connectivity index (χ2n) is 18.8. The zero-order chi connectivity index (χ0) is 52.2. The lowest BCUT2D eigenvalue weighted by Crippen LogP contribution is -2.30. The molecule has 1 atom stereocenters. The van der Waals surface area contributed by atoms with Crippen LogP contribution in [0.1, 0.15) is 245 Å². The number of rotatable bonds is 51. The lowest BCUT2D eigenvalue weighted by molar-refractivity contribution is -0.167. The van der Waals surface area contributed by atoms with E-state index >= 15 is 0 Å². The van der Waals surface area contributed by atoms with Crippen molar-refractivity contribution in [2.24, 2.45) is 0 Å². The van der Waals surface area contributed by atoms with Gasteiger partial charge in [-0.05, 0) is 128 Å². The molecule has 406 valence electrons. The van der Waals surface area contributed by atoms with Gasteiger partial charge in [0, 0.05) is 19.3 Å². The van der Waals surface area contributed by atoms with Crippen molar-refractivity contribution in [3.8, 4) is 0 Å². The fourth-order valence-corrected chi connectivity index (χ4v) is 7.56. The highest BCUT2D eigenvalue weighted by Gasteiger charge is 2.19. The van der Waals surface area contributed by atoms with E-state index in [4.69, 9.17) is 14.2 Å².